The molecule has 106 valence electrons. The summed E-state index contributed by atoms with van der Waals surface area (Å²) in [4.78, 5) is 22.3. The summed E-state index contributed by atoms with van der Waals surface area (Å²) in [6.45, 7) is 0.818. The van der Waals surface area contributed by atoms with Gasteiger partial charge in [0.25, 0.3) is 0 Å². The maximum absolute atomic E-state index is 11.3. The first-order valence-electron chi connectivity index (χ1n) is 5.83. The fraction of sp³-hybridized carbons (Fsp3) is 0.818. The highest BCUT2D eigenvalue weighted by atomic mass is 16.6. The molecule has 0 saturated carbocycles. The van der Waals surface area contributed by atoms with Crippen molar-refractivity contribution in [2.45, 2.75) is 38.4 Å². The SMILES string of the molecule is CCCCCOC(CO)C(=O)OC(=O)C(O)CO. The number of carbonyl (C=O) groups excluding carboxylic acids is 2. The molecule has 18 heavy (non-hydrogen) atoms. The lowest BCUT2D eigenvalue weighted by Gasteiger charge is -2.14. The van der Waals surface area contributed by atoms with E-state index in [9.17, 15) is 9.59 Å². The third kappa shape index (κ3) is 6.65. The van der Waals surface area contributed by atoms with E-state index < -0.39 is 37.4 Å². The number of esters is 2. The number of carbonyl (C=O) groups is 2. The predicted molar refractivity (Wildman–Crippen MR) is 60.5 cm³/mol. The lowest BCUT2D eigenvalue weighted by Crippen LogP contribution is -2.36. The van der Waals surface area contributed by atoms with Crippen LogP contribution in [0.2, 0.25) is 0 Å². The van der Waals surface area contributed by atoms with E-state index in [2.05, 4.69) is 4.74 Å². The predicted octanol–water partition coefficient (Wildman–Crippen LogP) is -1.02. The molecule has 0 amide bonds. The second-order valence-corrected chi connectivity index (χ2v) is 3.69. The van der Waals surface area contributed by atoms with Gasteiger partial charge in [-0.25, -0.2) is 9.59 Å². The highest BCUT2D eigenvalue weighted by Gasteiger charge is 2.26. The van der Waals surface area contributed by atoms with Gasteiger partial charge in [0, 0.05) is 6.61 Å². The summed E-state index contributed by atoms with van der Waals surface area (Å²) in [7, 11) is 0. The molecule has 0 spiro atoms. The quantitative estimate of drug-likeness (QED) is 0.277. The van der Waals surface area contributed by atoms with Crippen molar-refractivity contribution in [1.82, 2.24) is 0 Å². The molecule has 0 aromatic rings. The second kappa shape index (κ2) is 9.95. The Kier molecular flexibility index (Phi) is 9.39. The molecule has 0 radical (unpaired) electrons. The minimum atomic E-state index is -1.77. The number of aliphatic hydroxyl groups is 3. The minimum absolute atomic E-state index is 0.269. The third-order valence-electron chi connectivity index (χ3n) is 2.14. The Labute approximate surface area is 105 Å². The average molecular weight is 264 g/mol. The summed E-state index contributed by atoms with van der Waals surface area (Å²) in [5.74, 6) is -2.34. The van der Waals surface area contributed by atoms with E-state index in [1.54, 1.807) is 0 Å². The number of ether oxygens (including phenoxy) is 2. The average Bonchev–Trinajstić information content (AvgIpc) is 2.37. The van der Waals surface area contributed by atoms with Crippen molar-refractivity contribution in [3.8, 4) is 0 Å². The molecule has 2 unspecified atom stereocenters. The molecular weight excluding hydrogens is 244 g/mol. The number of hydrogen-bond donors (Lipinski definition) is 3. The Morgan fingerprint density at radius 2 is 1.78 bits per heavy atom. The largest absolute Gasteiger partial charge is 0.393 e. The number of rotatable bonds is 9. The zero-order chi connectivity index (χ0) is 14.0. The van der Waals surface area contributed by atoms with Gasteiger partial charge in [0.05, 0.1) is 13.2 Å². The van der Waals surface area contributed by atoms with Crippen molar-refractivity contribution in [2.24, 2.45) is 0 Å². The van der Waals surface area contributed by atoms with Crippen molar-refractivity contribution < 1.29 is 34.4 Å². The lowest BCUT2D eigenvalue weighted by molar-refractivity contribution is -0.175. The molecule has 0 fully saturated rings. The van der Waals surface area contributed by atoms with Crippen LogP contribution in [-0.4, -0.2) is 59.3 Å². The highest BCUT2D eigenvalue weighted by Crippen LogP contribution is 2.01. The zero-order valence-corrected chi connectivity index (χ0v) is 10.4. The standard InChI is InChI=1S/C11H20O7/c1-2-3-4-5-17-9(7-13)11(16)18-10(15)8(14)6-12/h8-9,12-14H,2-7H2,1H3. The van der Waals surface area contributed by atoms with Gasteiger partial charge in [0.1, 0.15) is 0 Å². The van der Waals surface area contributed by atoms with E-state index in [1.165, 1.54) is 0 Å². The van der Waals surface area contributed by atoms with Crippen molar-refractivity contribution in [3.05, 3.63) is 0 Å². The zero-order valence-electron chi connectivity index (χ0n) is 10.4. The topological polar surface area (TPSA) is 113 Å². The van der Waals surface area contributed by atoms with Crippen LogP contribution in [0.15, 0.2) is 0 Å². The van der Waals surface area contributed by atoms with Gasteiger partial charge < -0.3 is 24.8 Å². The molecule has 0 saturated heterocycles. The molecule has 2 atom stereocenters. The van der Waals surface area contributed by atoms with E-state index >= 15 is 0 Å². The Bertz CT molecular complexity index is 254. The fourth-order valence-corrected chi connectivity index (χ4v) is 1.08. The van der Waals surface area contributed by atoms with Crippen molar-refractivity contribution in [1.29, 1.82) is 0 Å². The lowest BCUT2D eigenvalue weighted by atomic mass is 10.3. The Morgan fingerprint density at radius 1 is 1.11 bits per heavy atom. The molecule has 0 aromatic carbocycles. The van der Waals surface area contributed by atoms with Crippen molar-refractivity contribution in [3.63, 3.8) is 0 Å². The van der Waals surface area contributed by atoms with E-state index in [0.29, 0.717) is 0 Å². The summed E-state index contributed by atoms with van der Waals surface area (Å²) < 4.78 is 9.29. The molecule has 0 heterocycles. The molecule has 7 nitrogen and oxygen atoms in total. The normalized spacial score (nSPS) is 14.0. The van der Waals surface area contributed by atoms with Gasteiger partial charge >= 0.3 is 11.9 Å². The molecule has 7 heteroatoms. The van der Waals surface area contributed by atoms with Gasteiger partial charge in [0.15, 0.2) is 12.2 Å². The Morgan fingerprint density at radius 3 is 2.28 bits per heavy atom. The van der Waals surface area contributed by atoms with Crippen molar-refractivity contribution in [2.75, 3.05) is 19.8 Å². The van der Waals surface area contributed by atoms with E-state index in [1.807, 2.05) is 6.92 Å². The molecule has 0 rings (SSSR count). The molecular formula is C11H20O7. The molecule has 0 aliphatic heterocycles. The molecule has 3 N–H and O–H groups in total. The first-order chi connectivity index (χ1) is 8.56. The van der Waals surface area contributed by atoms with Gasteiger partial charge in [-0.05, 0) is 6.42 Å². The first kappa shape index (κ1) is 17.0. The maximum atomic E-state index is 11.3. The Hall–Kier alpha value is -1.02. The van der Waals surface area contributed by atoms with Crippen LogP contribution in [0.4, 0.5) is 0 Å². The first-order valence-corrected chi connectivity index (χ1v) is 5.83. The summed E-state index contributed by atoms with van der Waals surface area (Å²) in [5, 5.41) is 26.3. The Balaban J connectivity index is 4.06. The summed E-state index contributed by atoms with van der Waals surface area (Å²) in [6, 6.07) is 0. The molecule has 0 bridgehead atoms. The second-order valence-electron chi connectivity index (χ2n) is 3.69. The van der Waals surface area contributed by atoms with Crippen LogP contribution in [0.3, 0.4) is 0 Å². The summed E-state index contributed by atoms with van der Waals surface area (Å²) >= 11 is 0. The summed E-state index contributed by atoms with van der Waals surface area (Å²) in [5.41, 5.74) is 0. The van der Waals surface area contributed by atoms with Gasteiger partial charge in [-0.15, -0.1) is 0 Å². The monoisotopic (exact) mass is 264 g/mol. The number of unbranched alkanes of at least 4 members (excludes halogenated alkanes) is 2. The minimum Gasteiger partial charge on any atom is -0.393 e. The van der Waals surface area contributed by atoms with Crippen LogP contribution in [0.5, 0.6) is 0 Å². The van der Waals surface area contributed by atoms with E-state index in [4.69, 9.17) is 20.1 Å². The van der Waals surface area contributed by atoms with Crippen LogP contribution in [0.25, 0.3) is 0 Å². The number of aliphatic hydroxyl groups excluding tert-OH is 3. The van der Waals surface area contributed by atoms with Crippen LogP contribution < -0.4 is 0 Å². The van der Waals surface area contributed by atoms with Crippen LogP contribution in [0.1, 0.15) is 26.2 Å². The van der Waals surface area contributed by atoms with Gasteiger partial charge in [-0.3, -0.25) is 0 Å². The van der Waals surface area contributed by atoms with Gasteiger partial charge in [0.2, 0.25) is 0 Å². The number of hydrogen-bond acceptors (Lipinski definition) is 7. The van der Waals surface area contributed by atoms with E-state index in [0.717, 1.165) is 19.3 Å². The fourth-order valence-electron chi connectivity index (χ4n) is 1.08. The molecule has 0 aliphatic carbocycles. The van der Waals surface area contributed by atoms with Crippen LogP contribution in [-0.2, 0) is 19.1 Å². The third-order valence-corrected chi connectivity index (χ3v) is 2.14. The maximum Gasteiger partial charge on any atom is 0.345 e. The van der Waals surface area contributed by atoms with E-state index in [-0.39, 0.29) is 6.61 Å². The molecule has 0 aromatic heterocycles. The van der Waals surface area contributed by atoms with Gasteiger partial charge in [-0.1, -0.05) is 19.8 Å². The summed E-state index contributed by atoms with van der Waals surface area (Å²) in [6.07, 6.45) is -0.383. The van der Waals surface area contributed by atoms with Crippen LogP contribution in [0, 0.1) is 0 Å². The van der Waals surface area contributed by atoms with Crippen LogP contribution >= 0.6 is 0 Å². The highest BCUT2D eigenvalue weighted by molar-refractivity contribution is 5.89. The van der Waals surface area contributed by atoms with Gasteiger partial charge in [-0.2, -0.15) is 0 Å². The van der Waals surface area contributed by atoms with Crippen molar-refractivity contribution >= 4 is 11.9 Å². The smallest absolute Gasteiger partial charge is 0.345 e. The molecule has 0 aliphatic rings.